The van der Waals surface area contributed by atoms with Crippen LogP contribution in [-0.2, 0) is 0 Å². The van der Waals surface area contributed by atoms with E-state index in [0.717, 1.165) is 44.2 Å². The Labute approximate surface area is 297 Å². The highest BCUT2D eigenvalue weighted by Gasteiger charge is 2.21. The fourth-order valence-corrected chi connectivity index (χ4v) is 9.04. The van der Waals surface area contributed by atoms with E-state index in [1.165, 1.54) is 53.7 Å². The third-order valence-corrected chi connectivity index (χ3v) is 11.2. The minimum atomic E-state index is 0.745. The highest BCUT2D eigenvalue weighted by molar-refractivity contribution is 7.25. The largest absolute Gasteiger partial charge is 0.309 e. The molecule has 0 saturated carbocycles. The number of hydrogen-bond donors (Lipinski definition) is 0. The fraction of sp³-hybridized carbons (Fsp3) is 0. The molecule has 0 N–H and O–H groups in total. The average molecular weight is 669 g/mol. The van der Waals surface area contributed by atoms with Crippen LogP contribution in [0.4, 0.5) is 0 Å². The molecule has 0 amide bonds. The molecule has 0 radical (unpaired) electrons. The highest BCUT2D eigenvalue weighted by Crippen LogP contribution is 2.43. The van der Waals surface area contributed by atoms with Gasteiger partial charge >= 0.3 is 0 Å². The molecule has 0 unspecified atom stereocenters. The average Bonchev–Trinajstić information content (AvgIpc) is 3.86. The monoisotopic (exact) mass is 668 g/mol. The summed E-state index contributed by atoms with van der Waals surface area (Å²) in [4.78, 5) is 11.3. The summed E-state index contributed by atoms with van der Waals surface area (Å²) in [5.41, 5.74) is 10.1. The van der Waals surface area contributed by atoms with Crippen LogP contribution >= 0.6 is 11.3 Å². The fourth-order valence-electron chi connectivity index (χ4n) is 7.97. The van der Waals surface area contributed by atoms with Crippen LogP contribution in [0.15, 0.2) is 170 Å². The van der Waals surface area contributed by atoms with Crippen LogP contribution in [0, 0.1) is 0 Å². The van der Waals surface area contributed by atoms with E-state index < -0.39 is 0 Å². The van der Waals surface area contributed by atoms with Gasteiger partial charge in [-0.3, -0.25) is 0 Å². The van der Waals surface area contributed by atoms with Crippen molar-refractivity contribution in [3.63, 3.8) is 0 Å². The quantitative estimate of drug-likeness (QED) is 0.187. The van der Waals surface area contributed by atoms with Crippen molar-refractivity contribution < 1.29 is 0 Å². The Balaban J connectivity index is 1.14. The lowest BCUT2D eigenvalue weighted by molar-refractivity contribution is 1.17. The summed E-state index contributed by atoms with van der Waals surface area (Å²) < 4.78 is 6.02. The molecule has 7 aromatic carbocycles. The van der Waals surface area contributed by atoms with Gasteiger partial charge in [0.05, 0.1) is 27.8 Å². The summed E-state index contributed by atoms with van der Waals surface area (Å²) in [6.45, 7) is 0. The van der Waals surface area contributed by atoms with Crippen molar-refractivity contribution >= 4 is 75.3 Å². The van der Waals surface area contributed by atoms with Gasteiger partial charge in [-0.15, -0.1) is 11.3 Å². The lowest BCUT2D eigenvalue weighted by atomic mass is 10.0. The van der Waals surface area contributed by atoms with E-state index in [1.54, 1.807) is 11.3 Å². The molecule has 11 aromatic rings. The second kappa shape index (κ2) is 11.0. The van der Waals surface area contributed by atoms with E-state index in [4.69, 9.17) is 9.97 Å². The first kappa shape index (κ1) is 28.3. The van der Waals surface area contributed by atoms with Gasteiger partial charge in [0.2, 0.25) is 0 Å². The van der Waals surface area contributed by atoms with Crippen LogP contribution in [0.3, 0.4) is 0 Å². The second-order valence-electron chi connectivity index (χ2n) is 13.0. The van der Waals surface area contributed by atoms with Gasteiger partial charge < -0.3 is 9.13 Å². The first-order chi connectivity index (χ1) is 25.3. The first-order valence-electron chi connectivity index (χ1n) is 17.2. The van der Waals surface area contributed by atoms with Crippen LogP contribution in [0.1, 0.15) is 0 Å². The first-order valence-corrected chi connectivity index (χ1v) is 18.0. The lowest BCUT2D eigenvalue weighted by Gasteiger charge is -2.11. The number of rotatable bonds is 4. The molecule has 0 spiro atoms. The van der Waals surface area contributed by atoms with Crippen molar-refractivity contribution in [1.82, 2.24) is 19.1 Å². The SMILES string of the molecule is c1ccc(-c2nc(-c3ccc(-n4c5ccccc5c5c6c7ccccc7n(-c7ccccc7)c6ccc54)cc3)c3c(n2)sc2ccccc23)cc1. The third-order valence-electron chi connectivity index (χ3n) is 10.2. The molecular formula is C46H28N4S. The molecule has 0 aliphatic rings. The van der Waals surface area contributed by atoms with Crippen LogP contribution in [0.5, 0.6) is 0 Å². The van der Waals surface area contributed by atoms with E-state index in [-0.39, 0.29) is 0 Å². The van der Waals surface area contributed by atoms with E-state index in [0.29, 0.717) is 0 Å². The van der Waals surface area contributed by atoms with Gasteiger partial charge in [-0.2, -0.15) is 0 Å². The van der Waals surface area contributed by atoms with Crippen molar-refractivity contribution in [3.8, 4) is 34.0 Å². The van der Waals surface area contributed by atoms with Crippen LogP contribution in [0.2, 0.25) is 0 Å². The summed E-state index contributed by atoms with van der Waals surface area (Å²) in [5, 5.41) is 7.35. The van der Waals surface area contributed by atoms with E-state index in [9.17, 15) is 0 Å². The summed E-state index contributed by atoms with van der Waals surface area (Å²) >= 11 is 1.73. The number of nitrogens with zero attached hydrogens (tertiary/aromatic N) is 4. The van der Waals surface area contributed by atoms with Crippen LogP contribution in [0.25, 0.3) is 97.9 Å². The van der Waals surface area contributed by atoms with Crippen LogP contribution < -0.4 is 0 Å². The Morgan fingerprint density at radius 3 is 1.55 bits per heavy atom. The molecule has 0 saturated heterocycles. The molecule has 238 valence electrons. The van der Waals surface area contributed by atoms with Gasteiger partial charge in [-0.25, -0.2) is 9.97 Å². The molecule has 5 heteroatoms. The van der Waals surface area contributed by atoms with Crippen molar-refractivity contribution in [2.45, 2.75) is 0 Å². The molecule has 11 rings (SSSR count). The Morgan fingerprint density at radius 2 is 0.902 bits per heavy atom. The number of aromatic nitrogens is 4. The molecule has 4 aromatic heterocycles. The number of hydrogen-bond acceptors (Lipinski definition) is 3. The normalized spacial score (nSPS) is 11.9. The van der Waals surface area contributed by atoms with Gasteiger partial charge in [-0.1, -0.05) is 115 Å². The molecule has 0 aliphatic heterocycles. The Morgan fingerprint density at radius 1 is 0.373 bits per heavy atom. The number of benzene rings is 7. The smallest absolute Gasteiger partial charge is 0.161 e. The van der Waals surface area contributed by atoms with Crippen LogP contribution in [-0.4, -0.2) is 19.1 Å². The Hall–Kier alpha value is -6.56. The highest BCUT2D eigenvalue weighted by atomic mass is 32.1. The van der Waals surface area contributed by atoms with E-state index >= 15 is 0 Å². The molecule has 0 atom stereocenters. The van der Waals surface area contributed by atoms with Crippen molar-refractivity contribution in [2.75, 3.05) is 0 Å². The summed E-state index contributed by atoms with van der Waals surface area (Å²) in [6.07, 6.45) is 0. The molecule has 4 heterocycles. The van der Waals surface area contributed by atoms with Gasteiger partial charge in [0.25, 0.3) is 0 Å². The zero-order valence-corrected chi connectivity index (χ0v) is 28.2. The second-order valence-corrected chi connectivity index (χ2v) is 14.0. The number of thiophene rings is 1. The van der Waals surface area contributed by atoms with Crippen molar-refractivity contribution in [2.24, 2.45) is 0 Å². The molecule has 4 nitrogen and oxygen atoms in total. The maximum Gasteiger partial charge on any atom is 0.161 e. The lowest BCUT2D eigenvalue weighted by Crippen LogP contribution is -1.96. The topological polar surface area (TPSA) is 35.6 Å². The van der Waals surface area contributed by atoms with Gasteiger partial charge in [0, 0.05) is 59.5 Å². The minimum Gasteiger partial charge on any atom is -0.309 e. The Kier molecular flexibility index (Phi) is 6.09. The predicted octanol–water partition coefficient (Wildman–Crippen LogP) is 12.4. The Bertz CT molecular complexity index is 3120. The maximum atomic E-state index is 5.23. The molecule has 0 bridgehead atoms. The molecule has 0 fully saturated rings. The van der Waals surface area contributed by atoms with Gasteiger partial charge in [-0.05, 0) is 54.6 Å². The number of fused-ring (bicyclic) bond motifs is 10. The number of para-hydroxylation sites is 3. The van der Waals surface area contributed by atoms with Gasteiger partial charge in [0.15, 0.2) is 5.82 Å². The minimum absolute atomic E-state index is 0.745. The summed E-state index contributed by atoms with van der Waals surface area (Å²) in [5.74, 6) is 0.745. The standard InChI is InChI=1S/C46H28N4S/c1-3-13-30(14-4-1)45-47-44(43-35-19-9-12-22-40(35)51-46(43)48-45)29-23-25-32(26-24-29)50-37-21-11-8-18-34(37)42-39(50)28-27-38-41(42)33-17-7-10-20-36(33)49(38)31-15-5-2-6-16-31/h1-28H. The predicted molar refractivity (Wildman–Crippen MR) is 214 cm³/mol. The van der Waals surface area contributed by atoms with E-state index in [2.05, 4.69) is 161 Å². The zero-order chi connectivity index (χ0) is 33.5. The molecule has 0 aliphatic carbocycles. The van der Waals surface area contributed by atoms with Gasteiger partial charge in [0.1, 0.15) is 4.83 Å². The third kappa shape index (κ3) is 4.19. The maximum absolute atomic E-state index is 5.23. The molecular weight excluding hydrogens is 641 g/mol. The van der Waals surface area contributed by atoms with Crippen molar-refractivity contribution in [3.05, 3.63) is 170 Å². The zero-order valence-electron chi connectivity index (χ0n) is 27.4. The van der Waals surface area contributed by atoms with Crippen molar-refractivity contribution in [1.29, 1.82) is 0 Å². The summed E-state index contributed by atoms with van der Waals surface area (Å²) in [6, 6.07) is 60.6. The van der Waals surface area contributed by atoms with E-state index in [1.807, 2.05) is 18.2 Å². The molecule has 51 heavy (non-hydrogen) atoms. The summed E-state index contributed by atoms with van der Waals surface area (Å²) in [7, 11) is 0.